The van der Waals surface area contributed by atoms with Crippen molar-refractivity contribution in [1.82, 2.24) is 4.90 Å². The lowest BCUT2D eigenvalue weighted by atomic mass is 10.0. The van der Waals surface area contributed by atoms with Gasteiger partial charge in [-0.1, -0.05) is 24.3 Å². The fourth-order valence-corrected chi connectivity index (χ4v) is 1.69. The Bertz CT molecular complexity index is 315. The Labute approximate surface area is 97.7 Å². The Morgan fingerprint density at radius 3 is 2.69 bits per heavy atom. The van der Waals surface area contributed by atoms with Crippen LogP contribution in [0.4, 0.5) is 0 Å². The van der Waals surface area contributed by atoms with Crippen molar-refractivity contribution in [1.29, 1.82) is 0 Å². The van der Waals surface area contributed by atoms with Crippen LogP contribution in [0.15, 0.2) is 24.3 Å². The molecule has 3 nitrogen and oxygen atoms in total. The van der Waals surface area contributed by atoms with E-state index in [1.807, 2.05) is 38.2 Å². The Morgan fingerprint density at radius 1 is 1.38 bits per heavy atom. The van der Waals surface area contributed by atoms with Gasteiger partial charge < -0.3 is 14.7 Å². The molecule has 0 saturated heterocycles. The van der Waals surface area contributed by atoms with E-state index in [1.165, 1.54) is 0 Å². The molecule has 0 saturated carbocycles. The van der Waals surface area contributed by atoms with Gasteiger partial charge in [0.2, 0.25) is 0 Å². The summed E-state index contributed by atoms with van der Waals surface area (Å²) < 4.78 is 5.00. The summed E-state index contributed by atoms with van der Waals surface area (Å²) in [5.41, 5.74) is 2.14. The van der Waals surface area contributed by atoms with Gasteiger partial charge in [0.05, 0.1) is 12.7 Å². The van der Waals surface area contributed by atoms with Gasteiger partial charge in [0, 0.05) is 20.2 Å². The van der Waals surface area contributed by atoms with Gasteiger partial charge in [-0.3, -0.25) is 0 Å². The lowest BCUT2D eigenvalue weighted by Gasteiger charge is -2.21. The van der Waals surface area contributed by atoms with Crippen LogP contribution in [0.25, 0.3) is 0 Å². The molecule has 16 heavy (non-hydrogen) atoms. The molecule has 1 rings (SSSR count). The zero-order valence-electron chi connectivity index (χ0n) is 10.3. The summed E-state index contributed by atoms with van der Waals surface area (Å²) in [4.78, 5) is 2.07. The highest BCUT2D eigenvalue weighted by atomic mass is 16.5. The van der Waals surface area contributed by atoms with Crippen LogP contribution in [0.2, 0.25) is 0 Å². The first-order valence-corrected chi connectivity index (χ1v) is 5.56. The summed E-state index contributed by atoms with van der Waals surface area (Å²) >= 11 is 0. The number of aliphatic hydroxyl groups excluding tert-OH is 1. The molecule has 1 unspecified atom stereocenters. The van der Waals surface area contributed by atoms with Crippen LogP contribution in [0, 0.1) is 6.92 Å². The smallest absolute Gasteiger partial charge is 0.0919 e. The number of rotatable bonds is 6. The number of aryl methyl sites for hydroxylation is 1. The van der Waals surface area contributed by atoms with Crippen LogP contribution in [0.1, 0.15) is 17.2 Å². The van der Waals surface area contributed by atoms with E-state index >= 15 is 0 Å². The van der Waals surface area contributed by atoms with Crippen LogP contribution in [-0.2, 0) is 4.74 Å². The van der Waals surface area contributed by atoms with Crippen LogP contribution >= 0.6 is 0 Å². The van der Waals surface area contributed by atoms with Gasteiger partial charge in [-0.05, 0) is 25.1 Å². The summed E-state index contributed by atoms with van der Waals surface area (Å²) in [6.45, 7) is 4.18. The molecule has 0 spiro atoms. The van der Waals surface area contributed by atoms with E-state index in [1.54, 1.807) is 7.11 Å². The highest BCUT2D eigenvalue weighted by Crippen LogP contribution is 2.17. The van der Waals surface area contributed by atoms with Gasteiger partial charge in [0.1, 0.15) is 0 Å². The Balaban J connectivity index is 2.52. The summed E-state index contributed by atoms with van der Waals surface area (Å²) in [6, 6.07) is 7.94. The number of methoxy groups -OCH3 is 1. The maximum Gasteiger partial charge on any atom is 0.0919 e. The van der Waals surface area contributed by atoms with E-state index in [4.69, 9.17) is 4.74 Å². The van der Waals surface area contributed by atoms with Crippen LogP contribution in [0.3, 0.4) is 0 Å². The SMILES string of the molecule is COCCN(C)CC(O)c1ccccc1C. The number of hydrogen-bond acceptors (Lipinski definition) is 3. The van der Waals surface area contributed by atoms with Crippen molar-refractivity contribution in [3.63, 3.8) is 0 Å². The normalized spacial score (nSPS) is 13.1. The fourth-order valence-electron chi connectivity index (χ4n) is 1.69. The highest BCUT2D eigenvalue weighted by Gasteiger charge is 2.11. The van der Waals surface area contributed by atoms with Crippen LogP contribution in [0.5, 0.6) is 0 Å². The molecule has 0 aliphatic heterocycles. The summed E-state index contributed by atoms with van der Waals surface area (Å²) in [5.74, 6) is 0. The minimum absolute atomic E-state index is 0.428. The van der Waals surface area contributed by atoms with E-state index in [0.717, 1.165) is 17.7 Å². The monoisotopic (exact) mass is 223 g/mol. The van der Waals surface area contributed by atoms with Gasteiger partial charge in [0.25, 0.3) is 0 Å². The average Bonchev–Trinajstić information content (AvgIpc) is 2.26. The standard InChI is InChI=1S/C13H21NO2/c1-11-6-4-5-7-12(11)13(15)10-14(2)8-9-16-3/h4-7,13,15H,8-10H2,1-3H3. The molecule has 0 fully saturated rings. The highest BCUT2D eigenvalue weighted by molar-refractivity contribution is 5.27. The molecule has 0 heterocycles. The van der Waals surface area contributed by atoms with Gasteiger partial charge in [0.15, 0.2) is 0 Å². The lowest BCUT2D eigenvalue weighted by molar-refractivity contribution is 0.103. The number of ether oxygens (including phenoxy) is 1. The maximum absolute atomic E-state index is 10.1. The van der Waals surface area contributed by atoms with Gasteiger partial charge in [-0.2, -0.15) is 0 Å². The number of nitrogens with zero attached hydrogens (tertiary/aromatic N) is 1. The van der Waals surface area contributed by atoms with Gasteiger partial charge in [-0.25, -0.2) is 0 Å². The number of aliphatic hydroxyl groups is 1. The lowest BCUT2D eigenvalue weighted by Crippen LogP contribution is -2.28. The Hall–Kier alpha value is -0.900. The molecular weight excluding hydrogens is 202 g/mol. The third kappa shape index (κ3) is 3.93. The second-order valence-corrected chi connectivity index (χ2v) is 4.13. The zero-order chi connectivity index (χ0) is 12.0. The molecule has 0 aliphatic carbocycles. The number of hydrogen-bond donors (Lipinski definition) is 1. The van der Waals surface area contributed by atoms with Crippen LogP contribution < -0.4 is 0 Å². The predicted molar refractivity (Wildman–Crippen MR) is 65.5 cm³/mol. The zero-order valence-corrected chi connectivity index (χ0v) is 10.3. The van der Waals surface area contributed by atoms with E-state index in [-0.39, 0.29) is 0 Å². The molecule has 1 N–H and O–H groups in total. The molecule has 0 aliphatic rings. The third-order valence-electron chi connectivity index (χ3n) is 2.71. The molecule has 1 atom stereocenters. The molecule has 90 valence electrons. The Kier molecular flexibility index (Phi) is 5.46. The van der Waals surface area contributed by atoms with Crippen molar-refractivity contribution in [3.8, 4) is 0 Å². The first-order chi connectivity index (χ1) is 7.65. The van der Waals surface area contributed by atoms with E-state index in [2.05, 4.69) is 4.90 Å². The largest absolute Gasteiger partial charge is 0.387 e. The van der Waals surface area contributed by atoms with E-state index in [0.29, 0.717) is 13.2 Å². The number of likely N-dealkylation sites (N-methyl/N-ethyl adjacent to an activating group) is 1. The van der Waals surface area contributed by atoms with Crippen molar-refractivity contribution in [2.24, 2.45) is 0 Å². The maximum atomic E-state index is 10.1. The minimum atomic E-state index is -0.428. The van der Waals surface area contributed by atoms with Crippen molar-refractivity contribution >= 4 is 0 Å². The van der Waals surface area contributed by atoms with Crippen molar-refractivity contribution in [2.45, 2.75) is 13.0 Å². The first-order valence-electron chi connectivity index (χ1n) is 5.56. The molecule has 1 aromatic carbocycles. The van der Waals surface area contributed by atoms with Crippen molar-refractivity contribution in [3.05, 3.63) is 35.4 Å². The predicted octanol–water partition coefficient (Wildman–Crippen LogP) is 1.61. The quantitative estimate of drug-likeness (QED) is 0.795. The van der Waals surface area contributed by atoms with Crippen LogP contribution in [-0.4, -0.2) is 43.9 Å². The van der Waals surface area contributed by atoms with Gasteiger partial charge >= 0.3 is 0 Å². The summed E-state index contributed by atoms with van der Waals surface area (Å²) in [6.07, 6.45) is -0.428. The third-order valence-corrected chi connectivity index (χ3v) is 2.71. The topological polar surface area (TPSA) is 32.7 Å². The molecule has 3 heteroatoms. The molecule has 0 bridgehead atoms. The fraction of sp³-hybridized carbons (Fsp3) is 0.538. The number of benzene rings is 1. The van der Waals surface area contributed by atoms with E-state index in [9.17, 15) is 5.11 Å². The summed E-state index contributed by atoms with van der Waals surface area (Å²) in [7, 11) is 3.67. The molecule has 1 aromatic rings. The summed E-state index contributed by atoms with van der Waals surface area (Å²) in [5, 5.41) is 10.1. The van der Waals surface area contributed by atoms with Gasteiger partial charge in [-0.15, -0.1) is 0 Å². The second-order valence-electron chi connectivity index (χ2n) is 4.13. The molecular formula is C13H21NO2. The van der Waals surface area contributed by atoms with E-state index < -0.39 is 6.10 Å². The molecule has 0 aromatic heterocycles. The average molecular weight is 223 g/mol. The molecule has 0 radical (unpaired) electrons. The first kappa shape index (κ1) is 13.2. The molecule has 0 amide bonds. The second kappa shape index (κ2) is 6.63. The minimum Gasteiger partial charge on any atom is -0.387 e. The van der Waals surface area contributed by atoms with Crippen molar-refractivity contribution < 1.29 is 9.84 Å². The Morgan fingerprint density at radius 2 is 2.06 bits per heavy atom. The van der Waals surface area contributed by atoms with Crippen molar-refractivity contribution in [2.75, 3.05) is 33.9 Å².